The molecule has 19 heavy (non-hydrogen) atoms. The number of halogens is 1. The van der Waals surface area contributed by atoms with E-state index in [0.29, 0.717) is 11.5 Å². The van der Waals surface area contributed by atoms with Gasteiger partial charge in [0.05, 0.1) is 0 Å². The Kier molecular flexibility index (Phi) is 4.68. The summed E-state index contributed by atoms with van der Waals surface area (Å²) in [7, 11) is 0. The zero-order valence-electron chi connectivity index (χ0n) is 10.5. The van der Waals surface area contributed by atoms with Gasteiger partial charge in [-0.3, -0.25) is 0 Å². The SMILES string of the molecule is CCC(Oc1ccc(F)cc1)SCc1c[nH]c(=O)[nH]1. The Hall–Kier alpha value is -1.69. The van der Waals surface area contributed by atoms with Crippen molar-refractivity contribution in [1.29, 1.82) is 0 Å². The Morgan fingerprint density at radius 3 is 2.68 bits per heavy atom. The molecule has 0 aliphatic heterocycles. The normalized spacial score (nSPS) is 12.3. The second-order valence-electron chi connectivity index (χ2n) is 3.99. The number of H-pyrrole nitrogens is 2. The number of thioether (sulfide) groups is 1. The van der Waals surface area contributed by atoms with E-state index < -0.39 is 0 Å². The molecule has 1 atom stereocenters. The molecule has 0 saturated carbocycles. The molecule has 2 rings (SSSR count). The van der Waals surface area contributed by atoms with Gasteiger partial charge in [-0.2, -0.15) is 0 Å². The molecule has 0 spiro atoms. The summed E-state index contributed by atoms with van der Waals surface area (Å²) in [6.45, 7) is 2.01. The van der Waals surface area contributed by atoms with Crippen molar-refractivity contribution in [3.05, 3.63) is 52.5 Å². The van der Waals surface area contributed by atoms with Gasteiger partial charge < -0.3 is 14.7 Å². The van der Waals surface area contributed by atoms with E-state index in [0.717, 1.165) is 12.1 Å². The summed E-state index contributed by atoms with van der Waals surface area (Å²) < 4.78 is 18.5. The molecule has 1 heterocycles. The second kappa shape index (κ2) is 6.47. The quantitative estimate of drug-likeness (QED) is 0.801. The molecule has 2 N–H and O–H groups in total. The number of aromatic nitrogens is 2. The molecule has 1 aromatic heterocycles. The minimum atomic E-state index is -0.280. The lowest BCUT2D eigenvalue weighted by molar-refractivity contribution is 0.283. The van der Waals surface area contributed by atoms with E-state index >= 15 is 0 Å². The van der Waals surface area contributed by atoms with Crippen LogP contribution < -0.4 is 10.4 Å². The monoisotopic (exact) mass is 282 g/mol. The lowest BCUT2D eigenvalue weighted by Gasteiger charge is -2.16. The molecular formula is C13H15FN2O2S. The Labute approximate surface area is 114 Å². The van der Waals surface area contributed by atoms with E-state index in [2.05, 4.69) is 9.97 Å². The number of aromatic amines is 2. The smallest absolute Gasteiger partial charge is 0.323 e. The molecule has 0 radical (unpaired) electrons. The van der Waals surface area contributed by atoms with Crippen LogP contribution in [0.5, 0.6) is 5.75 Å². The van der Waals surface area contributed by atoms with Crippen molar-refractivity contribution in [2.75, 3.05) is 0 Å². The molecule has 1 unspecified atom stereocenters. The lowest BCUT2D eigenvalue weighted by atomic mass is 10.3. The third-order valence-electron chi connectivity index (χ3n) is 2.49. The molecule has 0 bridgehead atoms. The standard InChI is InChI=1S/C13H15FN2O2S/c1-2-12(18-11-5-3-9(14)4-6-11)19-8-10-7-15-13(17)16-10/h3-7,12H,2,8H2,1H3,(H2,15,16,17). The van der Waals surface area contributed by atoms with Crippen LogP contribution in [0.4, 0.5) is 4.39 Å². The Morgan fingerprint density at radius 1 is 1.37 bits per heavy atom. The minimum absolute atomic E-state index is 0.0381. The maximum Gasteiger partial charge on any atom is 0.323 e. The van der Waals surface area contributed by atoms with Crippen LogP contribution in [0, 0.1) is 5.82 Å². The molecule has 6 heteroatoms. The van der Waals surface area contributed by atoms with Crippen LogP contribution in [-0.2, 0) is 5.75 Å². The molecule has 102 valence electrons. The van der Waals surface area contributed by atoms with Crippen molar-refractivity contribution in [3.8, 4) is 5.75 Å². The highest BCUT2D eigenvalue weighted by Crippen LogP contribution is 2.23. The molecule has 2 aromatic rings. The Bertz CT molecular complexity index is 565. The van der Waals surface area contributed by atoms with Gasteiger partial charge in [-0.1, -0.05) is 6.92 Å². The molecule has 0 amide bonds. The lowest BCUT2D eigenvalue weighted by Crippen LogP contribution is -2.11. The summed E-state index contributed by atoms with van der Waals surface area (Å²) in [5.74, 6) is 1.01. The topological polar surface area (TPSA) is 57.9 Å². The van der Waals surface area contributed by atoms with Gasteiger partial charge in [-0.25, -0.2) is 9.18 Å². The fraction of sp³-hybridized carbons (Fsp3) is 0.308. The highest BCUT2D eigenvalue weighted by atomic mass is 32.2. The average molecular weight is 282 g/mol. The Balaban J connectivity index is 1.89. The van der Waals surface area contributed by atoms with Crippen LogP contribution in [0.3, 0.4) is 0 Å². The largest absolute Gasteiger partial charge is 0.480 e. The van der Waals surface area contributed by atoms with Crippen molar-refractivity contribution in [2.24, 2.45) is 0 Å². The summed E-state index contributed by atoms with van der Waals surface area (Å²) in [5, 5.41) is 0. The molecule has 0 aliphatic carbocycles. The van der Waals surface area contributed by atoms with Gasteiger partial charge in [-0.15, -0.1) is 11.8 Å². The van der Waals surface area contributed by atoms with Crippen molar-refractivity contribution in [3.63, 3.8) is 0 Å². The molecule has 4 nitrogen and oxygen atoms in total. The van der Waals surface area contributed by atoms with E-state index in [1.54, 1.807) is 30.1 Å². The van der Waals surface area contributed by atoms with Gasteiger partial charge in [0.25, 0.3) is 0 Å². The molecule has 0 aliphatic rings. The number of imidazole rings is 1. The molecule has 0 fully saturated rings. The summed E-state index contributed by atoms with van der Waals surface area (Å²) in [4.78, 5) is 16.2. The van der Waals surface area contributed by atoms with Gasteiger partial charge in [-0.05, 0) is 30.7 Å². The van der Waals surface area contributed by atoms with Crippen molar-refractivity contribution >= 4 is 11.8 Å². The summed E-state index contributed by atoms with van der Waals surface area (Å²) >= 11 is 1.58. The van der Waals surface area contributed by atoms with Crippen LogP contribution in [0.1, 0.15) is 19.0 Å². The van der Waals surface area contributed by atoms with Crippen molar-refractivity contribution < 1.29 is 9.13 Å². The second-order valence-corrected chi connectivity index (χ2v) is 5.14. The first-order chi connectivity index (χ1) is 9.17. The van der Waals surface area contributed by atoms with Gasteiger partial charge in [0, 0.05) is 17.6 Å². The maximum atomic E-state index is 12.8. The van der Waals surface area contributed by atoms with Crippen LogP contribution in [0.15, 0.2) is 35.3 Å². The fourth-order valence-electron chi connectivity index (χ4n) is 1.53. The van der Waals surface area contributed by atoms with E-state index in [-0.39, 0.29) is 16.9 Å². The number of benzene rings is 1. The van der Waals surface area contributed by atoms with Crippen LogP contribution >= 0.6 is 11.8 Å². The van der Waals surface area contributed by atoms with Gasteiger partial charge in [0.15, 0.2) is 0 Å². The number of hydrogen-bond acceptors (Lipinski definition) is 3. The Morgan fingerprint density at radius 2 is 2.11 bits per heavy atom. The molecule has 0 saturated heterocycles. The zero-order valence-corrected chi connectivity index (χ0v) is 11.3. The average Bonchev–Trinajstić information content (AvgIpc) is 2.82. The number of rotatable bonds is 6. The first kappa shape index (κ1) is 13.7. The third kappa shape index (κ3) is 4.17. The maximum absolute atomic E-state index is 12.8. The fourth-order valence-corrected chi connectivity index (χ4v) is 2.47. The highest BCUT2D eigenvalue weighted by Gasteiger charge is 2.10. The van der Waals surface area contributed by atoms with Gasteiger partial charge >= 0.3 is 5.69 Å². The van der Waals surface area contributed by atoms with Crippen molar-refractivity contribution in [1.82, 2.24) is 9.97 Å². The van der Waals surface area contributed by atoms with E-state index in [4.69, 9.17) is 4.74 Å². The highest BCUT2D eigenvalue weighted by molar-refractivity contribution is 7.99. The number of hydrogen-bond donors (Lipinski definition) is 2. The number of nitrogens with one attached hydrogen (secondary N) is 2. The van der Waals surface area contributed by atoms with E-state index in [1.807, 2.05) is 6.92 Å². The van der Waals surface area contributed by atoms with E-state index in [9.17, 15) is 9.18 Å². The van der Waals surface area contributed by atoms with Crippen LogP contribution in [-0.4, -0.2) is 15.4 Å². The zero-order chi connectivity index (χ0) is 13.7. The van der Waals surface area contributed by atoms with E-state index in [1.165, 1.54) is 12.1 Å². The van der Waals surface area contributed by atoms with Crippen LogP contribution in [0.2, 0.25) is 0 Å². The molecule has 1 aromatic carbocycles. The van der Waals surface area contributed by atoms with Gasteiger partial charge in [0.1, 0.15) is 17.0 Å². The van der Waals surface area contributed by atoms with Crippen LogP contribution in [0.25, 0.3) is 0 Å². The molecular weight excluding hydrogens is 267 g/mol. The summed E-state index contributed by atoms with van der Waals surface area (Å²) in [6, 6.07) is 5.96. The summed E-state index contributed by atoms with van der Waals surface area (Å²) in [6.07, 6.45) is 2.47. The minimum Gasteiger partial charge on any atom is -0.480 e. The predicted molar refractivity (Wildman–Crippen MR) is 73.8 cm³/mol. The predicted octanol–water partition coefficient (Wildman–Crippen LogP) is 2.89. The summed E-state index contributed by atoms with van der Waals surface area (Å²) in [5.41, 5.74) is 0.586. The first-order valence-electron chi connectivity index (χ1n) is 5.97. The van der Waals surface area contributed by atoms with Crippen molar-refractivity contribution in [2.45, 2.75) is 24.5 Å². The van der Waals surface area contributed by atoms with Gasteiger partial charge in [0.2, 0.25) is 0 Å². The number of ether oxygens (including phenoxy) is 1. The third-order valence-corrected chi connectivity index (χ3v) is 3.77. The first-order valence-corrected chi connectivity index (χ1v) is 7.02.